The van der Waals surface area contributed by atoms with E-state index in [1.807, 2.05) is 61.5 Å². The maximum atomic E-state index is 12.6. The summed E-state index contributed by atoms with van der Waals surface area (Å²) in [5.41, 5.74) is 0.827. The molecule has 27 heavy (non-hydrogen) atoms. The maximum Gasteiger partial charge on any atom is 0.246 e. The molecule has 1 amide bonds. The molecular weight excluding hydrogens is 362 g/mol. The Kier molecular flexibility index (Phi) is 6.13. The molecular formula is C20H21N3O3S. The highest BCUT2D eigenvalue weighted by Gasteiger charge is 2.21. The number of thioether (sulfide) groups is 1. The topological polar surface area (TPSA) is 68.5 Å². The summed E-state index contributed by atoms with van der Waals surface area (Å²) in [4.78, 5) is 19.6. The molecule has 0 bridgehead atoms. The van der Waals surface area contributed by atoms with Crippen LogP contribution in [0, 0.1) is 0 Å². The van der Waals surface area contributed by atoms with Crippen LogP contribution < -0.4 is 4.74 Å². The van der Waals surface area contributed by atoms with Crippen LogP contribution in [0.5, 0.6) is 5.75 Å². The third kappa shape index (κ3) is 4.89. The van der Waals surface area contributed by atoms with E-state index in [0.717, 1.165) is 16.2 Å². The number of rotatable bonds is 7. The van der Waals surface area contributed by atoms with Gasteiger partial charge in [0.15, 0.2) is 0 Å². The first-order chi connectivity index (χ1) is 13.1. The van der Waals surface area contributed by atoms with Crippen molar-refractivity contribution in [3.05, 3.63) is 60.5 Å². The van der Waals surface area contributed by atoms with Crippen LogP contribution in [0.2, 0.25) is 0 Å². The number of hydrogen-bond donors (Lipinski definition) is 0. The number of carbonyl (C=O) groups excluding carboxylic acids is 1. The highest BCUT2D eigenvalue weighted by molar-refractivity contribution is 8.00. The lowest BCUT2D eigenvalue weighted by atomic mass is 10.2. The van der Waals surface area contributed by atoms with Crippen LogP contribution in [-0.4, -0.2) is 40.4 Å². The Bertz CT molecular complexity index is 881. The smallest absolute Gasteiger partial charge is 0.246 e. The highest BCUT2D eigenvalue weighted by Crippen LogP contribution is 2.24. The highest BCUT2D eigenvalue weighted by atomic mass is 32.2. The third-order valence-electron chi connectivity index (χ3n) is 3.97. The van der Waals surface area contributed by atoms with Crippen molar-refractivity contribution in [1.29, 1.82) is 0 Å². The van der Waals surface area contributed by atoms with Gasteiger partial charge in [0, 0.05) is 17.5 Å². The van der Waals surface area contributed by atoms with Crippen LogP contribution in [0.1, 0.15) is 12.8 Å². The quantitative estimate of drug-likeness (QED) is 0.577. The summed E-state index contributed by atoms with van der Waals surface area (Å²) in [6, 6.07) is 17.3. The molecule has 0 spiro atoms. The zero-order chi connectivity index (χ0) is 19.2. The lowest BCUT2D eigenvalue weighted by Gasteiger charge is -2.19. The summed E-state index contributed by atoms with van der Waals surface area (Å²) in [6.45, 7) is 2.16. The molecule has 0 aliphatic rings. The van der Waals surface area contributed by atoms with Crippen molar-refractivity contribution < 1.29 is 14.1 Å². The van der Waals surface area contributed by atoms with E-state index in [1.54, 1.807) is 19.1 Å². The molecule has 0 aliphatic heterocycles. The number of hydrogen-bond acceptors (Lipinski definition) is 6. The Morgan fingerprint density at radius 3 is 2.56 bits per heavy atom. The second kappa shape index (κ2) is 8.73. The maximum absolute atomic E-state index is 12.6. The first-order valence-electron chi connectivity index (χ1n) is 8.50. The van der Waals surface area contributed by atoms with E-state index in [0.29, 0.717) is 11.7 Å². The summed E-state index contributed by atoms with van der Waals surface area (Å²) in [7, 11) is 3.35. The molecule has 0 fully saturated rings. The average Bonchev–Trinajstić information content (AvgIpc) is 3.16. The molecule has 1 heterocycles. The van der Waals surface area contributed by atoms with Crippen molar-refractivity contribution >= 4 is 17.7 Å². The Labute approximate surface area is 162 Å². The number of amides is 1. The Balaban J connectivity index is 1.61. The minimum atomic E-state index is -0.207. The van der Waals surface area contributed by atoms with Crippen molar-refractivity contribution in [2.75, 3.05) is 14.2 Å². The molecule has 1 unspecified atom stereocenters. The Morgan fingerprint density at radius 2 is 1.89 bits per heavy atom. The molecule has 0 saturated heterocycles. The number of ether oxygens (including phenoxy) is 1. The van der Waals surface area contributed by atoms with Gasteiger partial charge in [-0.2, -0.15) is 4.98 Å². The molecule has 0 saturated carbocycles. The van der Waals surface area contributed by atoms with E-state index >= 15 is 0 Å². The zero-order valence-electron chi connectivity index (χ0n) is 15.5. The van der Waals surface area contributed by atoms with Crippen molar-refractivity contribution in [3.8, 4) is 17.1 Å². The van der Waals surface area contributed by atoms with E-state index in [4.69, 9.17) is 9.26 Å². The number of carbonyl (C=O) groups is 1. The summed E-state index contributed by atoms with van der Waals surface area (Å²) >= 11 is 1.53. The zero-order valence-corrected chi connectivity index (χ0v) is 16.3. The van der Waals surface area contributed by atoms with E-state index in [2.05, 4.69) is 10.1 Å². The second-order valence-electron chi connectivity index (χ2n) is 6.01. The fraction of sp³-hybridized carbons (Fsp3) is 0.250. The monoisotopic (exact) mass is 383 g/mol. The lowest BCUT2D eigenvalue weighted by molar-refractivity contribution is -0.129. The fourth-order valence-corrected chi connectivity index (χ4v) is 3.52. The van der Waals surface area contributed by atoms with E-state index in [-0.39, 0.29) is 17.7 Å². The van der Waals surface area contributed by atoms with Crippen LogP contribution in [-0.2, 0) is 11.3 Å². The average molecular weight is 383 g/mol. The standard InChI is InChI=1S/C20H21N3O3S/c1-14(27-17-7-5-4-6-8-17)20(24)23(2)13-18-21-19(22-26-18)15-9-11-16(25-3)12-10-15/h4-12,14H,13H2,1-3H3. The molecule has 6 nitrogen and oxygen atoms in total. The molecule has 2 aromatic carbocycles. The minimum absolute atomic E-state index is 0.00745. The van der Waals surface area contributed by atoms with Gasteiger partial charge in [-0.05, 0) is 43.3 Å². The van der Waals surface area contributed by atoms with Crippen molar-refractivity contribution in [2.45, 2.75) is 23.6 Å². The molecule has 0 N–H and O–H groups in total. The first-order valence-corrected chi connectivity index (χ1v) is 9.38. The lowest BCUT2D eigenvalue weighted by Crippen LogP contribution is -2.32. The molecule has 3 rings (SSSR count). The second-order valence-corrected chi connectivity index (χ2v) is 7.42. The minimum Gasteiger partial charge on any atom is -0.497 e. The molecule has 7 heteroatoms. The first kappa shape index (κ1) is 19.0. The molecule has 0 radical (unpaired) electrons. The van der Waals surface area contributed by atoms with Crippen molar-refractivity contribution in [3.63, 3.8) is 0 Å². The van der Waals surface area contributed by atoms with Gasteiger partial charge in [0.1, 0.15) is 5.75 Å². The third-order valence-corrected chi connectivity index (χ3v) is 5.07. The summed E-state index contributed by atoms with van der Waals surface area (Å²) in [5, 5.41) is 3.79. The van der Waals surface area contributed by atoms with Gasteiger partial charge in [0.05, 0.1) is 18.9 Å². The Hall–Kier alpha value is -2.80. The largest absolute Gasteiger partial charge is 0.497 e. The predicted octanol–water partition coefficient (Wildman–Crippen LogP) is 3.88. The summed E-state index contributed by atoms with van der Waals surface area (Å²) < 4.78 is 10.4. The van der Waals surface area contributed by atoms with Gasteiger partial charge in [-0.1, -0.05) is 23.4 Å². The molecule has 3 aromatic rings. The number of methoxy groups -OCH3 is 1. The number of aromatic nitrogens is 2. The van der Waals surface area contributed by atoms with Crippen LogP contribution in [0.3, 0.4) is 0 Å². The molecule has 140 valence electrons. The van der Waals surface area contributed by atoms with E-state index in [1.165, 1.54) is 11.8 Å². The van der Waals surface area contributed by atoms with Gasteiger partial charge in [0.25, 0.3) is 0 Å². The van der Waals surface area contributed by atoms with Crippen LogP contribution >= 0.6 is 11.8 Å². The number of benzene rings is 2. The van der Waals surface area contributed by atoms with Gasteiger partial charge in [0.2, 0.25) is 17.6 Å². The normalized spacial score (nSPS) is 11.8. The summed E-state index contributed by atoms with van der Waals surface area (Å²) in [6.07, 6.45) is 0. The van der Waals surface area contributed by atoms with Crippen LogP contribution in [0.25, 0.3) is 11.4 Å². The predicted molar refractivity (Wildman–Crippen MR) is 105 cm³/mol. The van der Waals surface area contributed by atoms with Gasteiger partial charge in [-0.25, -0.2) is 0 Å². The van der Waals surface area contributed by atoms with Crippen molar-refractivity contribution in [2.24, 2.45) is 0 Å². The van der Waals surface area contributed by atoms with Gasteiger partial charge in [-0.15, -0.1) is 11.8 Å². The van der Waals surface area contributed by atoms with Gasteiger partial charge in [-0.3, -0.25) is 4.79 Å². The molecule has 1 atom stereocenters. The van der Waals surface area contributed by atoms with Crippen LogP contribution in [0.4, 0.5) is 0 Å². The van der Waals surface area contributed by atoms with E-state index in [9.17, 15) is 4.79 Å². The SMILES string of the molecule is COc1ccc(-c2noc(CN(C)C(=O)C(C)Sc3ccccc3)n2)cc1. The van der Waals surface area contributed by atoms with Crippen LogP contribution in [0.15, 0.2) is 64.0 Å². The molecule has 0 aliphatic carbocycles. The van der Waals surface area contributed by atoms with Gasteiger partial charge < -0.3 is 14.2 Å². The Morgan fingerprint density at radius 1 is 1.19 bits per heavy atom. The van der Waals surface area contributed by atoms with Crippen molar-refractivity contribution in [1.82, 2.24) is 15.0 Å². The molecule has 1 aromatic heterocycles. The van der Waals surface area contributed by atoms with Gasteiger partial charge >= 0.3 is 0 Å². The summed E-state index contributed by atoms with van der Waals surface area (Å²) in [5.74, 6) is 1.65. The van der Waals surface area contributed by atoms with E-state index < -0.39 is 0 Å². The fourth-order valence-electron chi connectivity index (χ4n) is 2.52. The number of nitrogens with zero attached hydrogens (tertiary/aromatic N) is 3.